The highest BCUT2D eigenvalue weighted by atomic mass is 32.2. The summed E-state index contributed by atoms with van der Waals surface area (Å²) in [6.45, 7) is 1.65. The van der Waals surface area contributed by atoms with Crippen molar-refractivity contribution in [2.45, 2.75) is 23.3 Å². The van der Waals surface area contributed by atoms with Gasteiger partial charge in [-0.1, -0.05) is 30.0 Å². The van der Waals surface area contributed by atoms with E-state index in [1.807, 2.05) is 36.6 Å². The van der Waals surface area contributed by atoms with E-state index in [-0.39, 0.29) is 5.91 Å². The molecule has 1 aliphatic heterocycles. The average Bonchev–Trinajstić information content (AvgIpc) is 3.04. The van der Waals surface area contributed by atoms with Crippen LogP contribution in [0.25, 0.3) is 10.2 Å². The standard InChI is InChI=1S/C19H16N2O3S2/c1-19(10-11-5-3-4-6-13(11)16(22)24-19)17(23)20-12-7-8-14-15(9-12)26-18(21-14)25-2/h3-9H,10H2,1-2H3,(H,20,23)/t19-/m0/s1. The number of thioether (sulfide) groups is 1. The third kappa shape index (κ3) is 2.97. The molecule has 1 aliphatic rings. The first-order chi connectivity index (χ1) is 12.5. The zero-order chi connectivity index (χ0) is 18.3. The van der Waals surface area contributed by atoms with Crippen molar-refractivity contribution in [1.82, 2.24) is 4.98 Å². The van der Waals surface area contributed by atoms with Crippen LogP contribution in [0, 0.1) is 0 Å². The molecule has 3 aromatic rings. The van der Waals surface area contributed by atoms with Gasteiger partial charge in [0.05, 0.1) is 15.8 Å². The molecular formula is C19H16N2O3S2. The van der Waals surface area contributed by atoms with Gasteiger partial charge in [0.25, 0.3) is 5.91 Å². The van der Waals surface area contributed by atoms with Crippen molar-refractivity contribution in [3.63, 3.8) is 0 Å². The number of aromatic nitrogens is 1. The van der Waals surface area contributed by atoms with Crippen molar-refractivity contribution in [1.29, 1.82) is 0 Å². The summed E-state index contributed by atoms with van der Waals surface area (Å²) < 4.78 is 7.46. The Labute approximate surface area is 158 Å². The number of hydrogen-bond donors (Lipinski definition) is 1. The maximum Gasteiger partial charge on any atom is 0.339 e. The van der Waals surface area contributed by atoms with Crippen LogP contribution in [-0.4, -0.2) is 28.7 Å². The monoisotopic (exact) mass is 384 g/mol. The second-order valence-corrected chi connectivity index (χ2v) is 8.36. The number of esters is 1. The number of thiazole rings is 1. The molecule has 0 unspecified atom stereocenters. The van der Waals surface area contributed by atoms with Gasteiger partial charge in [-0.05, 0) is 43.0 Å². The lowest BCUT2D eigenvalue weighted by Crippen LogP contribution is -2.48. The first-order valence-electron chi connectivity index (χ1n) is 8.06. The summed E-state index contributed by atoms with van der Waals surface area (Å²) in [5.41, 5.74) is 1.67. The van der Waals surface area contributed by atoms with Crippen LogP contribution in [0.3, 0.4) is 0 Å². The number of cyclic esters (lactones) is 1. The van der Waals surface area contributed by atoms with Gasteiger partial charge >= 0.3 is 5.97 Å². The lowest BCUT2D eigenvalue weighted by atomic mass is 9.89. The van der Waals surface area contributed by atoms with E-state index in [4.69, 9.17) is 4.74 Å². The lowest BCUT2D eigenvalue weighted by molar-refractivity contribution is -0.134. The van der Waals surface area contributed by atoms with E-state index in [2.05, 4.69) is 10.3 Å². The molecule has 2 heterocycles. The Balaban J connectivity index is 1.59. The van der Waals surface area contributed by atoms with E-state index in [9.17, 15) is 9.59 Å². The number of carbonyl (C=O) groups is 2. The van der Waals surface area contributed by atoms with Crippen LogP contribution >= 0.6 is 23.1 Å². The highest BCUT2D eigenvalue weighted by Gasteiger charge is 2.42. The predicted octanol–water partition coefficient (Wildman–Crippen LogP) is 4.13. The number of ether oxygens (including phenoxy) is 1. The minimum atomic E-state index is -1.24. The number of rotatable bonds is 3. The molecular weight excluding hydrogens is 368 g/mol. The maximum absolute atomic E-state index is 12.8. The fourth-order valence-corrected chi connectivity index (χ4v) is 4.52. The van der Waals surface area contributed by atoms with Gasteiger partial charge in [-0.25, -0.2) is 9.78 Å². The van der Waals surface area contributed by atoms with Crippen LogP contribution in [0.2, 0.25) is 0 Å². The minimum Gasteiger partial charge on any atom is -0.445 e. The van der Waals surface area contributed by atoms with Crippen LogP contribution in [0.4, 0.5) is 5.69 Å². The Morgan fingerprint density at radius 1 is 1.31 bits per heavy atom. The Morgan fingerprint density at radius 2 is 2.12 bits per heavy atom. The van der Waals surface area contributed by atoms with Crippen molar-refractivity contribution in [3.05, 3.63) is 53.6 Å². The number of benzene rings is 2. The van der Waals surface area contributed by atoms with Crippen molar-refractivity contribution in [2.75, 3.05) is 11.6 Å². The van der Waals surface area contributed by atoms with Crippen molar-refractivity contribution in [2.24, 2.45) is 0 Å². The van der Waals surface area contributed by atoms with E-state index in [0.29, 0.717) is 17.7 Å². The van der Waals surface area contributed by atoms with E-state index < -0.39 is 11.6 Å². The number of amides is 1. The Kier molecular flexibility index (Phi) is 4.20. The molecule has 0 radical (unpaired) electrons. The van der Waals surface area contributed by atoms with Crippen LogP contribution in [0.1, 0.15) is 22.8 Å². The van der Waals surface area contributed by atoms with Gasteiger partial charge in [-0.15, -0.1) is 11.3 Å². The van der Waals surface area contributed by atoms with Gasteiger partial charge in [0.2, 0.25) is 0 Å². The highest BCUT2D eigenvalue weighted by Crippen LogP contribution is 2.32. The summed E-state index contributed by atoms with van der Waals surface area (Å²) in [5.74, 6) is -0.804. The van der Waals surface area contributed by atoms with Crippen LogP contribution < -0.4 is 5.32 Å². The number of nitrogens with one attached hydrogen (secondary N) is 1. The third-order valence-corrected chi connectivity index (χ3v) is 6.37. The Morgan fingerprint density at radius 3 is 2.92 bits per heavy atom. The number of anilines is 1. The topological polar surface area (TPSA) is 68.3 Å². The summed E-state index contributed by atoms with van der Waals surface area (Å²) in [7, 11) is 0. The van der Waals surface area contributed by atoms with E-state index >= 15 is 0 Å². The molecule has 132 valence electrons. The average molecular weight is 384 g/mol. The molecule has 1 aromatic heterocycles. The maximum atomic E-state index is 12.8. The zero-order valence-corrected chi connectivity index (χ0v) is 15.9. The van der Waals surface area contributed by atoms with Gasteiger partial charge in [0.1, 0.15) is 0 Å². The quantitative estimate of drug-likeness (QED) is 0.543. The fraction of sp³-hybridized carbons (Fsp3) is 0.211. The van der Waals surface area contributed by atoms with Gasteiger partial charge in [-0.3, -0.25) is 4.79 Å². The molecule has 0 saturated carbocycles. The molecule has 0 spiro atoms. The summed E-state index contributed by atoms with van der Waals surface area (Å²) in [6.07, 6.45) is 2.33. The first kappa shape index (κ1) is 17.1. The molecule has 5 nitrogen and oxygen atoms in total. The minimum absolute atomic E-state index is 0.339. The Hall–Kier alpha value is -2.38. The summed E-state index contributed by atoms with van der Waals surface area (Å²) in [5, 5.41) is 2.88. The van der Waals surface area contributed by atoms with Gasteiger partial charge in [0, 0.05) is 12.1 Å². The molecule has 0 saturated heterocycles. The third-order valence-electron chi connectivity index (χ3n) is 4.36. The van der Waals surface area contributed by atoms with Gasteiger partial charge < -0.3 is 10.1 Å². The van der Waals surface area contributed by atoms with Crippen LogP contribution in [0.5, 0.6) is 0 Å². The lowest BCUT2D eigenvalue weighted by Gasteiger charge is -2.33. The van der Waals surface area contributed by atoms with Crippen LogP contribution in [0.15, 0.2) is 46.8 Å². The molecule has 1 N–H and O–H groups in total. The zero-order valence-electron chi connectivity index (χ0n) is 14.2. The van der Waals surface area contributed by atoms with Crippen molar-refractivity contribution in [3.8, 4) is 0 Å². The number of fused-ring (bicyclic) bond motifs is 2. The second-order valence-electron chi connectivity index (χ2n) is 6.27. The largest absolute Gasteiger partial charge is 0.445 e. The van der Waals surface area contributed by atoms with Crippen molar-refractivity contribution < 1.29 is 14.3 Å². The van der Waals surface area contributed by atoms with Crippen LogP contribution in [-0.2, 0) is 16.0 Å². The molecule has 4 rings (SSSR count). The molecule has 0 fully saturated rings. The first-order valence-corrected chi connectivity index (χ1v) is 10.1. The highest BCUT2D eigenvalue weighted by molar-refractivity contribution is 8.00. The molecule has 7 heteroatoms. The number of carbonyl (C=O) groups excluding carboxylic acids is 2. The summed E-state index contributed by atoms with van der Waals surface area (Å²) in [6, 6.07) is 12.8. The molecule has 1 amide bonds. The predicted molar refractivity (Wildman–Crippen MR) is 104 cm³/mol. The molecule has 0 bridgehead atoms. The van der Waals surface area contributed by atoms with E-state index in [0.717, 1.165) is 20.1 Å². The second kappa shape index (κ2) is 6.41. The van der Waals surface area contributed by atoms with E-state index in [1.54, 1.807) is 42.2 Å². The SMILES string of the molecule is CSc1nc2ccc(NC(=O)[C@]3(C)Cc4ccccc4C(=O)O3)cc2s1. The fourth-order valence-electron chi connectivity index (χ4n) is 2.99. The molecule has 26 heavy (non-hydrogen) atoms. The van der Waals surface area contributed by atoms with Gasteiger partial charge in [0.15, 0.2) is 9.94 Å². The Bertz CT molecular complexity index is 1030. The van der Waals surface area contributed by atoms with E-state index in [1.165, 1.54) is 0 Å². The number of hydrogen-bond acceptors (Lipinski definition) is 6. The van der Waals surface area contributed by atoms with Crippen molar-refractivity contribution >= 4 is 50.9 Å². The molecule has 1 atom stereocenters. The summed E-state index contributed by atoms with van der Waals surface area (Å²) >= 11 is 3.17. The smallest absolute Gasteiger partial charge is 0.339 e. The summed E-state index contributed by atoms with van der Waals surface area (Å²) in [4.78, 5) is 29.6. The van der Waals surface area contributed by atoms with Gasteiger partial charge in [-0.2, -0.15) is 0 Å². The molecule has 0 aliphatic carbocycles. The molecule has 2 aromatic carbocycles. The number of nitrogens with zero attached hydrogens (tertiary/aromatic N) is 1. The normalized spacial score (nSPS) is 19.1.